The average molecular weight is 182 g/mol. The summed E-state index contributed by atoms with van der Waals surface area (Å²) in [6.45, 7) is 8.30. The Bertz CT molecular complexity index is 271. The van der Waals surface area contributed by atoms with Crippen LogP contribution >= 0.6 is 0 Å². The van der Waals surface area contributed by atoms with Crippen molar-refractivity contribution in [1.82, 2.24) is 15.0 Å². The van der Waals surface area contributed by atoms with Crippen LogP contribution in [0.2, 0.25) is 0 Å². The first-order valence-electron chi connectivity index (χ1n) is 4.63. The molecule has 0 fully saturated rings. The Morgan fingerprint density at radius 1 is 1.54 bits per heavy atom. The van der Waals surface area contributed by atoms with E-state index in [1.54, 1.807) is 0 Å². The summed E-state index contributed by atoms with van der Waals surface area (Å²) in [5.74, 6) is 0. The summed E-state index contributed by atoms with van der Waals surface area (Å²) < 4.78 is 1.85. The molecule has 4 heteroatoms. The van der Waals surface area contributed by atoms with E-state index in [4.69, 9.17) is 5.73 Å². The van der Waals surface area contributed by atoms with E-state index in [1.807, 2.05) is 17.8 Å². The van der Waals surface area contributed by atoms with Crippen molar-refractivity contribution in [2.75, 3.05) is 0 Å². The molecule has 0 saturated carbocycles. The summed E-state index contributed by atoms with van der Waals surface area (Å²) in [5.41, 5.74) is 6.69. The maximum atomic E-state index is 5.84. The average Bonchev–Trinajstić information content (AvgIpc) is 2.50. The fourth-order valence-electron chi connectivity index (χ4n) is 0.984. The van der Waals surface area contributed by atoms with Gasteiger partial charge in [0, 0.05) is 0 Å². The SMILES string of the molecule is CCC(N)c1cn(C(C)(C)C)nn1. The molecule has 0 aliphatic rings. The van der Waals surface area contributed by atoms with Crippen molar-refractivity contribution in [2.45, 2.75) is 45.7 Å². The number of aromatic nitrogens is 3. The lowest BCUT2D eigenvalue weighted by Gasteiger charge is -2.17. The number of nitrogens with two attached hydrogens (primary N) is 1. The topological polar surface area (TPSA) is 56.7 Å². The molecule has 0 amide bonds. The van der Waals surface area contributed by atoms with Crippen molar-refractivity contribution in [3.05, 3.63) is 11.9 Å². The van der Waals surface area contributed by atoms with Crippen LogP contribution in [0.5, 0.6) is 0 Å². The van der Waals surface area contributed by atoms with Crippen LogP contribution in [0.3, 0.4) is 0 Å². The standard InChI is InChI=1S/C9H18N4/c1-5-7(10)8-6-13(12-11-8)9(2,3)4/h6-7H,5,10H2,1-4H3. The minimum Gasteiger partial charge on any atom is -0.323 e. The zero-order valence-corrected chi connectivity index (χ0v) is 8.78. The third kappa shape index (κ3) is 2.28. The summed E-state index contributed by atoms with van der Waals surface area (Å²) >= 11 is 0. The van der Waals surface area contributed by atoms with Gasteiger partial charge in [-0.15, -0.1) is 5.10 Å². The lowest BCUT2D eigenvalue weighted by molar-refractivity contribution is 0.346. The van der Waals surface area contributed by atoms with Crippen molar-refractivity contribution in [3.8, 4) is 0 Å². The van der Waals surface area contributed by atoms with Crippen LogP contribution in [-0.2, 0) is 5.54 Å². The van der Waals surface area contributed by atoms with Crippen molar-refractivity contribution in [3.63, 3.8) is 0 Å². The zero-order chi connectivity index (χ0) is 10.1. The summed E-state index contributed by atoms with van der Waals surface area (Å²) in [7, 11) is 0. The van der Waals surface area contributed by atoms with Gasteiger partial charge < -0.3 is 5.73 Å². The zero-order valence-electron chi connectivity index (χ0n) is 8.78. The van der Waals surface area contributed by atoms with Gasteiger partial charge in [-0.05, 0) is 27.2 Å². The third-order valence-corrected chi connectivity index (χ3v) is 2.02. The summed E-state index contributed by atoms with van der Waals surface area (Å²) in [4.78, 5) is 0. The first-order chi connectivity index (χ1) is 5.95. The minimum atomic E-state index is -0.0152. The van der Waals surface area contributed by atoms with Crippen molar-refractivity contribution < 1.29 is 0 Å². The van der Waals surface area contributed by atoms with Gasteiger partial charge in [0.15, 0.2) is 0 Å². The molecule has 1 atom stereocenters. The van der Waals surface area contributed by atoms with Crippen LogP contribution in [0.1, 0.15) is 45.9 Å². The largest absolute Gasteiger partial charge is 0.323 e. The molecule has 74 valence electrons. The maximum Gasteiger partial charge on any atom is 0.0994 e. The maximum absolute atomic E-state index is 5.84. The number of rotatable bonds is 2. The Kier molecular flexibility index (Phi) is 2.71. The fraction of sp³-hybridized carbons (Fsp3) is 0.778. The van der Waals surface area contributed by atoms with Crippen molar-refractivity contribution in [2.24, 2.45) is 5.73 Å². The van der Waals surface area contributed by atoms with E-state index in [9.17, 15) is 0 Å². The monoisotopic (exact) mass is 182 g/mol. The van der Waals surface area contributed by atoms with Crippen LogP contribution < -0.4 is 5.73 Å². The smallest absolute Gasteiger partial charge is 0.0994 e. The molecule has 0 bridgehead atoms. The second-order valence-electron chi connectivity index (χ2n) is 4.27. The summed E-state index contributed by atoms with van der Waals surface area (Å²) in [5, 5.41) is 8.08. The lowest BCUT2D eigenvalue weighted by atomic mass is 10.1. The molecule has 1 aromatic heterocycles. The Hall–Kier alpha value is -0.900. The van der Waals surface area contributed by atoms with Gasteiger partial charge in [-0.1, -0.05) is 12.1 Å². The molecule has 0 saturated heterocycles. The van der Waals surface area contributed by atoms with Crippen LogP contribution in [-0.4, -0.2) is 15.0 Å². The van der Waals surface area contributed by atoms with Gasteiger partial charge in [0.1, 0.15) is 0 Å². The second-order valence-corrected chi connectivity index (χ2v) is 4.27. The molecule has 0 aromatic carbocycles. The molecule has 13 heavy (non-hydrogen) atoms. The fourth-order valence-corrected chi connectivity index (χ4v) is 0.984. The summed E-state index contributed by atoms with van der Waals surface area (Å²) in [6, 6.07) is 0.0103. The first-order valence-corrected chi connectivity index (χ1v) is 4.63. The van der Waals surface area contributed by atoms with Crippen molar-refractivity contribution >= 4 is 0 Å². The number of hydrogen-bond acceptors (Lipinski definition) is 3. The normalized spacial score (nSPS) is 14.5. The highest BCUT2D eigenvalue weighted by molar-refractivity contribution is 5.00. The first kappa shape index (κ1) is 10.2. The van der Waals surface area contributed by atoms with Gasteiger partial charge in [-0.25, -0.2) is 4.68 Å². The lowest BCUT2D eigenvalue weighted by Crippen LogP contribution is -2.22. The van der Waals surface area contributed by atoms with Crippen LogP contribution in [0.4, 0.5) is 0 Å². The Morgan fingerprint density at radius 3 is 2.54 bits per heavy atom. The van der Waals surface area contributed by atoms with Gasteiger partial charge in [0.25, 0.3) is 0 Å². The van der Waals surface area contributed by atoms with Crippen LogP contribution in [0.15, 0.2) is 6.20 Å². The van der Waals surface area contributed by atoms with Gasteiger partial charge in [0.2, 0.25) is 0 Å². The van der Waals surface area contributed by atoms with E-state index in [2.05, 4.69) is 31.1 Å². The second kappa shape index (κ2) is 3.46. The molecule has 1 unspecified atom stereocenters. The van der Waals surface area contributed by atoms with E-state index in [0.717, 1.165) is 12.1 Å². The van der Waals surface area contributed by atoms with Crippen molar-refractivity contribution in [1.29, 1.82) is 0 Å². The Balaban J connectivity index is 2.87. The molecule has 4 nitrogen and oxygen atoms in total. The molecule has 2 N–H and O–H groups in total. The van der Waals surface area contributed by atoms with Crippen LogP contribution in [0.25, 0.3) is 0 Å². The molecule has 0 radical (unpaired) electrons. The van der Waals surface area contributed by atoms with Crippen LogP contribution in [0, 0.1) is 0 Å². The van der Waals surface area contributed by atoms with E-state index >= 15 is 0 Å². The highest BCUT2D eigenvalue weighted by Crippen LogP contribution is 2.15. The molecule has 0 aliphatic carbocycles. The molecule has 0 aliphatic heterocycles. The van der Waals surface area contributed by atoms with Gasteiger partial charge in [-0.3, -0.25) is 0 Å². The molecule has 1 heterocycles. The van der Waals surface area contributed by atoms with E-state index in [-0.39, 0.29) is 11.6 Å². The van der Waals surface area contributed by atoms with E-state index < -0.39 is 0 Å². The van der Waals surface area contributed by atoms with Gasteiger partial charge in [-0.2, -0.15) is 0 Å². The quantitative estimate of drug-likeness (QED) is 0.753. The van der Waals surface area contributed by atoms with Gasteiger partial charge >= 0.3 is 0 Å². The molecular formula is C9H18N4. The number of hydrogen-bond donors (Lipinski definition) is 1. The molecule has 1 rings (SSSR count). The predicted molar refractivity (Wildman–Crippen MR) is 52.2 cm³/mol. The Labute approximate surface area is 79.1 Å². The third-order valence-electron chi connectivity index (χ3n) is 2.02. The molecule has 0 spiro atoms. The summed E-state index contributed by atoms with van der Waals surface area (Å²) in [6.07, 6.45) is 2.82. The molecular weight excluding hydrogens is 164 g/mol. The minimum absolute atomic E-state index is 0.0103. The Morgan fingerprint density at radius 2 is 2.15 bits per heavy atom. The highest BCUT2D eigenvalue weighted by atomic mass is 15.4. The molecule has 1 aromatic rings. The highest BCUT2D eigenvalue weighted by Gasteiger charge is 2.16. The van der Waals surface area contributed by atoms with E-state index in [0.29, 0.717) is 0 Å². The predicted octanol–water partition coefficient (Wildman–Crippen LogP) is 1.44. The number of nitrogens with zero attached hydrogens (tertiary/aromatic N) is 3. The van der Waals surface area contributed by atoms with E-state index in [1.165, 1.54) is 0 Å². The van der Waals surface area contributed by atoms with Gasteiger partial charge in [0.05, 0.1) is 23.5 Å².